The van der Waals surface area contributed by atoms with Gasteiger partial charge in [0.1, 0.15) is 42.7 Å². The monoisotopic (exact) mass is 624 g/mol. The number of ether oxygens (including phenoxy) is 5. The molecule has 3 aliphatic rings. The summed E-state index contributed by atoms with van der Waals surface area (Å²) in [7, 11) is -7.48. The lowest BCUT2D eigenvalue weighted by Gasteiger charge is -2.49. The minimum Gasteiger partial charge on any atom is -0.414 e. The van der Waals surface area contributed by atoms with Gasteiger partial charge in [-0.05, 0) is 18.1 Å². The molecule has 0 spiro atoms. The van der Waals surface area contributed by atoms with E-state index in [2.05, 4.69) is 0 Å². The van der Waals surface area contributed by atoms with E-state index in [1.54, 1.807) is 30.3 Å². The Labute approximate surface area is 240 Å². The molecule has 41 heavy (non-hydrogen) atoms. The van der Waals surface area contributed by atoms with E-state index in [4.69, 9.17) is 32.3 Å². The number of hydrogen-bond acceptors (Lipinski definition) is 13. The largest absolute Gasteiger partial charge is 0.414 e. The normalized spacial score (nSPS) is 38.8. The smallest absolute Gasteiger partial charge is 0.397 e. The second-order valence-electron chi connectivity index (χ2n) is 11.9. The van der Waals surface area contributed by atoms with Crippen molar-refractivity contribution in [1.82, 2.24) is 0 Å². The minimum absolute atomic E-state index is 0.0945. The van der Waals surface area contributed by atoms with Gasteiger partial charge < -0.3 is 48.5 Å². The number of rotatable bonds is 8. The third-order valence-electron chi connectivity index (χ3n) is 7.98. The van der Waals surface area contributed by atoms with Crippen LogP contribution in [0.1, 0.15) is 32.6 Å². The van der Waals surface area contributed by atoms with E-state index in [1.165, 1.54) is 0 Å². The summed E-state index contributed by atoms with van der Waals surface area (Å²) in [6.07, 6.45) is -16.2. The highest BCUT2D eigenvalue weighted by Gasteiger charge is 2.55. The summed E-state index contributed by atoms with van der Waals surface area (Å²) >= 11 is 0. The highest BCUT2D eigenvalue weighted by molar-refractivity contribution is 7.80. The lowest BCUT2D eigenvalue weighted by Crippen LogP contribution is -2.66. The van der Waals surface area contributed by atoms with Crippen LogP contribution in [-0.4, -0.2) is 116 Å². The van der Waals surface area contributed by atoms with Crippen molar-refractivity contribution >= 4 is 18.7 Å². The van der Waals surface area contributed by atoms with Crippen molar-refractivity contribution in [2.45, 2.75) is 107 Å². The van der Waals surface area contributed by atoms with E-state index in [-0.39, 0.29) is 18.3 Å². The Morgan fingerprint density at radius 3 is 2.22 bits per heavy atom. The van der Waals surface area contributed by atoms with Gasteiger partial charge in [-0.3, -0.25) is 4.55 Å². The highest BCUT2D eigenvalue weighted by Crippen LogP contribution is 2.39. The molecule has 0 amide bonds. The molecule has 3 fully saturated rings. The molecule has 1 aromatic carbocycles. The molecule has 11 atom stereocenters. The molecule has 3 heterocycles. The van der Waals surface area contributed by atoms with Crippen molar-refractivity contribution in [2.24, 2.45) is 0 Å². The van der Waals surface area contributed by atoms with Gasteiger partial charge in [0.2, 0.25) is 0 Å². The molecule has 0 bridgehead atoms. The molecule has 0 radical (unpaired) electrons. The van der Waals surface area contributed by atoms with Crippen LogP contribution in [0.5, 0.6) is 0 Å². The van der Waals surface area contributed by atoms with Crippen LogP contribution in [0.3, 0.4) is 0 Å². The van der Waals surface area contributed by atoms with Crippen LogP contribution in [0.15, 0.2) is 30.3 Å². The van der Waals surface area contributed by atoms with Gasteiger partial charge in [-0.25, -0.2) is 4.18 Å². The molecule has 16 heteroatoms. The Morgan fingerprint density at radius 1 is 0.951 bits per heavy atom. The summed E-state index contributed by atoms with van der Waals surface area (Å²) < 4.78 is 72.8. The zero-order valence-corrected chi connectivity index (χ0v) is 25.3. The Balaban J connectivity index is 1.56. The molecule has 1 aromatic rings. The standard InChI is InChI=1S/C25H40O14SSi/c1-25(2,3)41(4,5)34-12-15-19(16(26)17(27)22(29)35-15)38-24-21(39-40(30,31)32)18(28)20-14(36-24)11-33-23(37-20)13-9-7-6-8-10-13/h6-10,14-24,26-29H,11-12H2,1-5H3,(H,30,31,32)/t14-,15-,16-,17-,18+,19-,20-,21-,22-,23?,24-/m1/s1. The van der Waals surface area contributed by atoms with E-state index in [0.29, 0.717) is 5.56 Å². The fourth-order valence-electron chi connectivity index (χ4n) is 4.58. The topological polar surface area (TPSA) is 200 Å². The molecule has 0 aromatic heterocycles. The number of aliphatic hydroxyl groups excluding tert-OH is 4. The Kier molecular flexibility index (Phi) is 10.00. The molecule has 0 saturated carbocycles. The molecule has 14 nitrogen and oxygen atoms in total. The van der Waals surface area contributed by atoms with Crippen molar-refractivity contribution in [3.05, 3.63) is 35.9 Å². The average Bonchev–Trinajstić information content (AvgIpc) is 2.89. The third-order valence-corrected chi connectivity index (χ3v) is 12.9. The molecule has 4 rings (SSSR count). The van der Waals surface area contributed by atoms with E-state index in [1.807, 2.05) is 33.9 Å². The molecule has 1 unspecified atom stereocenters. The first-order chi connectivity index (χ1) is 19.0. The fourth-order valence-corrected chi connectivity index (χ4v) is 6.08. The van der Waals surface area contributed by atoms with Crippen molar-refractivity contribution in [3.8, 4) is 0 Å². The Bertz CT molecular complexity index is 1120. The first-order valence-corrected chi connectivity index (χ1v) is 17.6. The van der Waals surface area contributed by atoms with Crippen molar-refractivity contribution < 1.29 is 65.7 Å². The summed E-state index contributed by atoms with van der Waals surface area (Å²) in [6, 6.07) is 8.83. The molecule has 0 aliphatic carbocycles. The van der Waals surface area contributed by atoms with Crippen molar-refractivity contribution in [1.29, 1.82) is 0 Å². The van der Waals surface area contributed by atoms with Gasteiger partial charge in [-0.15, -0.1) is 0 Å². The van der Waals surface area contributed by atoms with Crippen LogP contribution in [-0.2, 0) is 42.7 Å². The van der Waals surface area contributed by atoms with Gasteiger partial charge in [-0.2, -0.15) is 8.42 Å². The third kappa shape index (κ3) is 7.53. The number of fused-ring (bicyclic) bond motifs is 1. The highest BCUT2D eigenvalue weighted by atomic mass is 32.3. The predicted molar refractivity (Wildman–Crippen MR) is 142 cm³/mol. The average molecular weight is 625 g/mol. The van der Waals surface area contributed by atoms with Gasteiger partial charge in [0, 0.05) is 5.56 Å². The van der Waals surface area contributed by atoms with Gasteiger partial charge in [-0.1, -0.05) is 51.1 Å². The van der Waals surface area contributed by atoms with Crippen molar-refractivity contribution in [3.63, 3.8) is 0 Å². The molecular weight excluding hydrogens is 584 g/mol. The van der Waals surface area contributed by atoms with E-state index in [0.717, 1.165) is 0 Å². The maximum absolute atomic E-state index is 11.7. The van der Waals surface area contributed by atoms with E-state index >= 15 is 0 Å². The van der Waals surface area contributed by atoms with Gasteiger partial charge >= 0.3 is 10.4 Å². The summed E-state index contributed by atoms with van der Waals surface area (Å²) in [4.78, 5) is 0. The number of benzene rings is 1. The molecular formula is C25H40O14SSi. The maximum Gasteiger partial charge on any atom is 0.397 e. The van der Waals surface area contributed by atoms with Crippen LogP contribution in [0.25, 0.3) is 0 Å². The SMILES string of the molecule is CC(C)(C)[Si](C)(C)OC[C@H]1O[C@@H](O)[C@H](O)[C@@H](O)[C@@H]1O[C@H]1O[C@@H]2COC(c3ccccc3)O[C@H]2[C@H](O)[C@H]1OS(=O)(=O)O. The maximum atomic E-state index is 11.7. The summed E-state index contributed by atoms with van der Waals surface area (Å²) in [5.74, 6) is 0. The van der Waals surface area contributed by atoms with Gasteiger partial charge in [0.05, 0.1) is 13.2 Å². The molecule has 3 aliphatic heterocycles. The van der Waals surface area contributed by atoms with Gasteiger partial charge in [0.15, 0.2) is 33.3 Å². The first-order valence-electron chi connectivity index (χ1n) is 13.3. The second-order valence-corrected chi connectivity index (χ2v) is 17.8. The van der Waals surface area contributed by atoms with E-state index < -0.39 is 86.4 Å². The minimum atomic E-state index is -5.14. The number of aliphatic hydroxyl groups is 4. The van der Waals surface area contributed by atoms with Crippen LogP contribution in [0.2, 0.25) is 18.1 Å². The zero-order valence-electron chi connectivity index (χ0n) is 23.5. The number of hydrogen-bond donors (Lipinski definition) is 5. The molecule has 5 N–H and O–H groups in total. The summed E-state index contributed by atoms with van der Waals surface area (Å²) in [5.41, 5.74) is 0.642. The zero-order chi connectivity index (χ0) is 30.3. The van der Waals surface area contributed by atoms with E-state index in [9.17, 15) is 33.4 Å². The van der Waals surface area contributed by atoms with Crippen LogP contribution >= 0.6 is 0 Å². The van der Waals surface area contributed by atoms with Crippen LogP contribution in [0.4, 0.5) is 0 Å². The van der Waals surface area contributed by atoms with Crippen molar-refractivity contribution in [2.75, 3.05) is 13.2 Å². The van der Waals surface area contributed by atoms with Gasteiger partial charge in [0.25, 0.3) is 0 Å². The fraction of sp³-hybridized carbons (Fsp3) is 0.760. The Hall–Kier alpha value is -1.09. The summed E-state index contributed by atoms with van der Waals surface area (Å²) in [5, 5.41) is 42.3. The Morgan fingerprint density at radius 2 is 1.61 bits per heavy atom. The second kappa shape index (κ2) is 12.5. The predicted octanol–water partition coefficient (Wildman–Crippen LogP) is 0.220. The van der Waals surface area contributed by atoms with Crippen LogP contribution in [0, 0.1) is 0 Å². The summed E-state index contributed by atoms with van der Waals surface area (Å²) in [6.45, 7) is 9.77. The lowest BCUT2D eigenvalue weighted by atomic mass is 9.96. The quantitative estimate of drug-likeness (QED) is 0.194. The molecule has 3 saturated heterocycles. The molecule has 234 valence electrons. The van der Waals surface area contributed by atoms with Crippen LogP contribution < -0.4 is 0 Å². The lowest BCUT2D eigenvalue weighted by molar-refractivity contribution is -0.381. The first kappa shape index (κ1) is 32.8.